The number of benzene rings is 2. The van der Waals surface area contributed by atoms with Crippen LogP contribution in [0.25, 0.3) is 11.1 Å². The summed E-state index contributed by atoms with van der Waals surface area (Å²) < 4.78 is 0. The summed E-state index contributed by atoms with van der Waals surface area (Å²) in [6.07, 6.45) is 12.7. The summed E-state index contributed by atoms with van der Waals surface area (Å²) in [5.41, 5.74) is 9.37. The third-order valence-corrected chi connectivity index (χ3v) is 7.22. The van der Waals surface area contributed by atoms with Gasteiger partial charge in [-0.15, -0.1) is 0 Å². The van der Waals surface area contributed by atoms with E-state index in [2.05, 4.69) is 88.4 Å². The molecular formula is C29H36. The van der Waals surface area contributed by atoms with Crippen LogP contribution in [0.4, 0.5) is 0 Å². The van der Waals surface area contributed by atoms with Crippen molar-refractivity contribution < 1.29 is 0 Å². The molecule has 2 unspecified atom stereocenters. The Kier molecular flexibility index (Phi) is 5.81. The predicted molar refractivity (Wildman–Crippen MR) is 127 cm³/mol. The van der Waals surface area contributed by atoms with E-state index in [1.807, 2.05) is 0 Å². The lowest BCUT2D eigenvalue weighted by molar-refractivity contribution is 0.291. The molecule has 0 fully saturated rings. The first kappa shape index (κ1) is 20.2. The molecule has 29 heavy (non-hydrogen) atoms. The number of rotatable bonds is 8. The van der Waals surface area contributed by atoms with Gasteiger partial charge >= 0.3 is 0 Å². The predicted octanol–water partition coefficient (Wildman–Crippen LogP) is 8.75. The van der Waals surface area contributed by atoms with Crippen molar-refractivity contribution in [2.45, 2.75) is 78.1 Å². The molecule has 2 aromatic carbocycles. The van der Waals surface area contributed by atoms with Gasteiger partial charge in [-0.3, -0.25) is 0 Å². The van der Waals surface area contributed by atoms with E-state index in [1.54, 1.807) is 11.1 Å². The van der Waals surface area contributed by atoms with E-state index < -0.39 is 0 Å². The fourth-order valence-corrected chi connectivity index (χ4v) is 5.48. The highest BCUT2D eigenvalue weighted by Gasteiger charge is 2.43. The highest BCUT2D eigenvalue weighted by atomic mass is 14.5. The van der Waals surface area contributed by atoms with Crippen molar-refractivity contribution in [1.29, 1.82) is 0 Å². The highest BCUT2D eigenvalue weighted by Crippen LogP contribution is 2.56. The Morgan fingerprint density at radius 1 is 0.655 bits per heavy atom. The number of unbranched alkanes of at least 4 members (excludes halogenated alkanes) is 2. The van der Waals surface area contributed by atoms with Crippen molar-refractivity contribution in [2.75, 3.05) is 0 Å². The monoisotopic (exact) mass is 384 g/mol. The van der Waals surface area contributed by atoms with Crippen LogP contribution in [0.2, 0.25) is 0 Å². The molecule has 2 aromatic rings. The van der Waals surface area contributed by atoms with E-state index >= 15 is 0 Å². The first-order valence-electron chi connectivity index (χ1n) is 11.7. The Balaban J connectivity index is 1.73. The van der Waals surface area contributed by atoms with Crippen LogP contribution in [0.5, 0.6) is 0 Å². The van der Waals surface area contributed by atoms with Gasteiger partial charge in [-0.25, -0.2) is 0 Å². The van der Waals surface area contributed by atoms with E-state index in [1.165, 1.54) is 60.8 Å². The molecule has 0 aliphatic heterocycles. The van der Waals surface area contributed by atoms with Gasteiger partial charge in [0.05, 0.1) is 0 Å². The van der Waals surface area contributed by atoms with Crippen LogP contribution < -0.4 is 0 Å². The molecule has 0 bridgehead atoms. The van der Waals surface area contributed by atoms with Crippen LogP contribution in [-0.4, -0.2) is 0 Å². The van der Waals surface area contributed by atoms with Gasteiger partial charge in [0.15, 0.2) is 0 Å². The maximum absolute atomic E-state index is 2.61. The molecule has 0 N–H and O–H groups in total. The Morgan fingerprint density at radius 2 is 1.07 bits per heavy atom. The molecule has 0 nitrogen and oxygen atoms in total. The highest BCUT2D eigenvalue weighted by molar-refractivity contribution is 5.77. The Morgan fingerprint density at radius 3 is 1.48 bits per heavy atom. The molecule has 0 saturated carbocycles. The molecule has 0 aromatic heterocycles. The summed E-state index contributed by atoms with van der Waals surface area (Å²) in [5.74, 6) is 0.954. The first-order valence-corrected chi connectivity index (χ1v) is 11.7. The van der Waals surface area contributed by atoms with Crippen LogP contribution in [0.15, 0.2) is 60.7 Å². The molecule has 0 amide bonds. The van der Waals surface area contributed by atoms with Gasteiger partial charge in [0, 0.05) is 11.8 Å². The second-order valence-corrected chi connectivity index (χ2v) is 9.54. The summed E-state index contributed by atoms with van der Waals surface area (Å²) in [4.78, 5) is 0. The van der Waals surface area contributed by atoms with Gasteiger partial charge in [0.25, 0.3) is 0 Å². The maximum Gasteiger partial charge on any atom is 0.00900 e. The van der Waals surface area contributed by atoms with Crippen LogP contribution >= 0.6 is 0 Å². The van der Waals surface area contributed by atoms with Crippen molar-refractivity contribution in [3.05, 3.63) is 82.9 Å². The molecule has 0 saturated heterocycles. The summed E-state index contributed by atoms with van der Waals surface area (Å²) >= 11 is 0. The van der Waals surface area contributed by atoms with Gasteiger partial charge in [-0.05, 0) is 64.5 Å². The SMILES string of the molecule is CCCCC1=CC(C(C)(C)C2C=C(CCCC)c3ccccc32)c2ccccc21. The number of hydrogen-bond donors (Lipinski definition) is 0. The van der Waals surface area contributed by atoms with Crippen molar-refractivity contribution in [3.63, 3.8) is 0 Å². The number of fused-ring (bicyclic) bond motifs is 2. The second kappa shape index (κ2) is 8.34. The lowest BCUT2D eigenvalue weighted by atomic mass is 9.66. The molecule has 0 heteroatoms. The van der Waals surface area contributed by atoms with Crippen molar-refractivity contribution >= 4 is 11.1 Å². The van der Waals surface area contributed by atoms with Gasteiger partial charge in [-0.1, -0.05) is 101 Å². The molecule has 2 aliphatic carbocycles. The second-order valence-electron chi connectivity index (χ2n) is 9.54. The molecule has 152 valence electrons. The Labute approximate surface area is 177 Å². The fourth-order valence-electron chi connectivity index (χ4n) is 5.48. The molecule has 0 spiro atoms. The van der Waals surface area contributed by atoms with E-state index in [0.717, 1.165) is 0 Å². The third-order valence-electron chi connectivity index (χ3n) is 7.22. The van der Waals surface area contributed by atoms with Crippen LogP contribution in [0.1, 0.15) is 100 Å². The number of allylic oxidation sites excluding steroid dienone is 4. The van der Waals surface area contributed by atoms with Crippen LogP contribution in [0.3, 0.4) is 0 Å². The topological polar surface area (TPSA) is 0 Å². The van der Waals surface area contributed by atoms with Crippen LogP contribution in [0, 0.1) is 5.41 Å². The third kappa shape index (κ3) is 3.63. The fraction of sp³-hybridized carbons (Fsp3) is 0.448. The molecule has 0 heterocycles. The van der Waals surface area contributed by atoms with E-state index in [4.69, 9.17) is 0 Å². The lowest BCUT2D eigenvalue weighted by Gasteiger charge is -2.37. The molecule has 2 aliphatic rings. The Hall–Kier alpha value is -2.08. The van der Waals surface area contributed by atoms with Crippen molar-refractivity contribution in [1.82, 2.24) is 0 Å². The van der Waals surface area contributed by atoms with Crippen LogP contribution in [-0.2, 0) is 0 Å². The molecular weight excluding hydrogens is 348 g/mol. The standard InChI is InChI=1S/C29H36/c1-5-7-13-21-19-27(25-17-11-9-15-23(21)25)29(3,4)28-20-22(14-8-6-2)24-16-10-12-18-26(24)28/h9-12,15-20,27-28H,5-8,13-14H2,1-4H3. The quantitative estimate of drug-likeness (QED) is 0.426. The van der Waals surface area contributed by atoms with Crippen molar-refractivity contribution in [3.8, 4) is 0 Å². The van der Waals surface area contributed by atoms with E-state index in [-0.39, 0.29) is 5.41 Å². The molecule has 4 rings (SSSR count). The maximum atomic E-state index is 2.61. The normalized spacial score (nSPS) is 20.3. The van der Waals surface area contributed by atoms with Gasteiger partial charge in [0.2, 0.25) is 0 Å². The van der Waals surface area contributed by atoms with Gasteiger partial charge in [0.1, 0.15) is 0 Å². The minimum atomic E-state index is 0.147. The molecule has 0 radical (unpaired) electrons. The number of hydrogen-bond acceptors (Lipinski definition) is 0. The lowest BCUT2D eigenvalue weighted by Crippen LogP contribution is -2.26. The largest absolute Gasteiger partial charge is 0.0726 e. The summed E-state index contributed by atoms with van der Waals surface area (Å²) in [6, 6.07) is 18.3. The summed E-state index contributed by atoms with van der Waals surface area (Å²) in [6.45, 7) is 9.57. The average Bonchev–Trinajstić information content (AvgIpc) is 3.30. The van der Waals surface area contributed by atoms with E-state index in [9.17, 15) is 0 Å². The molecule has 2 atom stereocenters. The average molecular weight is 385 g/mol. The first-order chi connectivity index (χ1) is 14.1. The van der Waals surface area contributed by atoms with Crippen molar-refractivity contribution in [2.24, 2.45) is 5.41 Å². The van der Waals surface area contributed by atoms with Gasteiger partial charge < -0.3 is 0 Å². The zero-order valence-corrected chi connectivity index (χ0v) is 18.7. The minimum absolute atomic E-state index is 0.147. The Bertz CT molecular complexity index is 849. The smallest absolute Gasteiger partial charge is 0.00900 e. The summed E-state index contributed by atoms with van der Waals surface area (Å²) in [5, 5.41) is 0. The zero-order chi connectivity index (χ0) is 20.4. The summed E-state index contributed by atoms with van der Waals surface area (Å²) in [7, 11) is 0. The zero-order valence-electron chi connectivity index (χ0n) is 18.7. The minimum Gasteiger partial charge on any atom is -0.0726 e. The van der Waals surface area contributed by atoms with E-state index in [0.29, 0.717) is 11.8 Å². The van der Waals surface area contributed by atoms with Gasteiger partial charge in [-0.2, -0.15) is 0 Å².